The average Bonchev–Trinajstić information content (AvgIpc) is 2.94. The number of aliphatic imine (C=N–C) groups is 1. The molecule has 24 heavy (non-hydrogen) atoms. The third-order valence-corrected chi connectivity index (χ3v) is 4.95. The minimum absolute atomic E-state index is 0.0813. The van der Waals surface area contributed by atoms with Gasteiger partial charge in [-0.25, -0.2) is 0 Å². The molecule has 1 aliphatic carbocycles. The lowest BCUT2D eigenvalue weighted by atomic mass is 9.96. The summed E-state index contributed by atoms with van der Waals surface area (Å²) in [5.41, 5.74) is 0.944. The van der Waals surface area contributed by atoms with Gasteiger partial charge in [0.2, 0.25) is 0 Å². The van der Waals surface area contributed by atoms with Crippen LogP contribution in [0, 0.1) is 12.3 Å². The lowest BCUT2D eigenvalue weighted by Crippen LogP contribution is -2.22. The lowest BCUT2D eigenvalue weighted by molar-refractivity contribution is -0.115. The van der Waals surface area contributed by atoms with Gasteiger partial charge in [0, 0.05) is 0 Å². The third-order valence-electron chi connectivity index (χ3n) is 4.03. The first-order chi connectivity index (χ1) is 11.7. The van der Waals surface area contributed by atoms with E-state index in [9.17, 15) is 4.79 Å². The largest absolute Gasteiger partial charge is 0.481 e. The maximum absolute atomic E-state index is 12.1. The van der Waals surface area contributed by atoms with Gasteiger partial charge < -0.3 is 10.1 Å². The Morgan fingerprint density at radius 1 is 1.29 bits per heavy atom. The monoisotopic (exact) mass is 340 g/mol. The highest BCUT2D eigenvalue weighted by Crippen LogP contribution is 2.29. The van der Waals surface area contributed by atoms with E-state index in [0.717, 1.165) is 29.3 Å². The van der Waals surface area contributed by atoms with Crippen LogP contribution in [-0.2, 0) is 4.79 Å². The highest BCUT2D eigenvalue weighted by molar-refractivity contribution is 8.18. The number of amides is 1. The first kappa shape index (κ1) is 16.7. The van der Waals surface area contributed by atoms with E-state index in [0.29, 0.717) is 10.9 Å². The van der Waals surface area contributed by atoms with Gasteiger partial charge in [-0.15, -0.1) is 6.42 Å². The predicted molar refractivity (Wildman–Crippen MR) is 98.8 cm³/mol. The zero-order valence-corrected chi connectivity index (χ0v) is 14.3. The molecule has 124 valence electrons. The summed E-state index contributed by atoms with van der Waals surface area (Å²) in [4.78, 5) is 17.5. The third kappa shape index (κ3) is 4.42. The first-order valence-corrected chi connectivity index (χ1v) is 9.01. The Morgan fingerprint density at radius 2 is 2.04 bits per heavy atom. The standard InChI is InChI=1S/C19H20N2O2S/c1-2-12-23-16-10-8-14(9-11-16)13-17-18(22)21-19(24-17)20-15-6-4-3-5-7-15/h1,8-11,13,15H,3-7,12H2,(H,20,21,22)/b17-13+. The van der Waals surface area contributed by atoms with Crippen molar-refractivity contribution >= 4 is 28.9 Å². The van der Waals surface area contributed by atoms with Crippen LogP contribution in [0.2, 0.25) is 0 Å². The van der Waals surface area contributed by atoms with Gasteiger partial charge in [-0.3, -0.25) is 9.79 Å². The fourth-order valence-corrected chi connectivity index (χ4v) is 3.69. The number of thioether (sulfide) groups is 1. The quantitative estimate of drug-likeness (QED) is 0.673. The van der Waals surface area contributed by atoms with Crippen molar-refractivity contribution in [3.8, 4) is 18.1 Å². The summed E-state index contributed by atoms with van der Waals surface area (Å²) in [6, 6.07) is 7.86. The molecule has 1 aromatic carbocycles. The van der Waals surface area contributed by atoms with Gasteiger partial charge in [0.1, 0.15) is 12.4 Å². The summed E-state index contributed by atoms with van der Waals surface area (Å²) in [7, 11) is 0. The molecule has 3 rings (SSSR count). The van der Waals surface area contributed by atoms with Gasteiger partial charge in [-0.05, 0) is 48.4 Å². The van der Waals surface area contributed by atoms with Gasteiger partial charge in [-0.1, -0.05) is 37.3 Å². The zero-order chi connectivity index (χ0) is 16.8. The van der Waals surface area contributed by atoms with E-state index in [2.05, 4.69) is 11.2 Å². The number of terminal acetylenes is 1. The van der Waals surface area contributed by atoms with Crippen molar-refractivity contribution in [2.24, 2.45) is 4.99 Å². The predicted octanol–water partition coefficient (Wildman–Crippen LogP) is 3.59. The topological polar surface area (TPSA) is 50.7 Å². The van der Waals surface area contributed by atoms with Crippen molar-refractivity contribution in [3.63, 3.8) is 0 Å². The molecule has 4 nitrogen and oxygen atoms in total. The number of nitrogens with zero attached hydrogens (tertiary/aromatic N) is 1. The Hall–Kier alpha value is -2.19. The van der Waals surface area contributed by atoms with E-state index < -0.39 is 0 Å². The minimum atomic E-state index is -0.0813. The van der Waals surface area contributed by atoms with Crippen molar-refractivity contribution in [2.45, 2.75) is 38.1 Å². The Balaban J connectivity index is 1.66. The van der Waals surface area contributed by atoms with E-state index >= 15 is 0 Å². The molecule has 0 radical (unpaired) electrons. The minimum Gasteiger partial charge on any atom is -0.481 e. The van der Waals surface area contributed by atoms with Crippen LogP contribution in [0.25, 0.3) is 6.08 Å². The molecule has 0 spiro atoms. The molecule has 0 atom stereocenters. The smallest absolute Gasteiger partial charge is 0.264 e. The maximum Gasteiger partial charge on any atom is 0.264 e. The second-order valence-electron chi connectivity index (χ2n) is 5.85. The number of carbonyl (C=O) groups excluding carboxylic acids is 1. The lowest BCUT2D eigenvalue weighted by Gasteiger charge is -2.17. The number of ether oxygens (including phenoxy) is 1. The summed E-state index contributed by atoms with van der Waals surface area (Å²) in [5, 5.41) is 3.60. The van der Waals surface area contributed by atoms with Gasteiger partial charge in [0.25, 0.3) is 5.91 Å². The number of nitrogens with one attached hydrogen (secondary N) is 1. The number of carbonyl (C=O) groups is 1. The van der Waals surface area contributed by atoms with Gasteiger partial charge in [-0.2, -0.15) is 0 Å². The van der Waals surface area contributed by atoms with Crippen LogP contribution in [0.3, 0.4) is 0 Å². The van der Waals surface area contributed by atoms with Crippen molar-refractivity contribution in [1.29, 1.82) is 0 Å². The number of benzene rings is 1. The molecule has 0 aromatic heterocycles. The number of amidine groups is 1. The Kier molecular flexibility index (Phi) is 5.60. The number of hydrogen-bond acceptors (Lipinski definition) is 4. The molecule has 0 bridgehead atoms. The van der Waals surface area contributed by atoms with Crippen molar-refractivity contribution in [2.75, 3.05) is 6.61 Å². The van der Waals surface area contributed by atoms with Crippen LogP contribution >= 0.6 is 11.8 Å². The van der Waals surface area contributed by atoms with Crippen molar-refractivity contribution in [1.82, 2.24) is 5.32 Å². The van der Waals surface area contributed by atoms with Crippen molar-refractivity contribution < 1.29 is 9.53 Å². The maximum atomic E-state index is 12.1. The van der Waals surface area contributed by atoms with E-state index in [1.165, 1.54) is 31.0 Å². The second-order valence-corrected chi connectivity index (χ2v) is 6.88. The first-order valence-electron chi connectivity index (χ1n) is 8.19. The van der Waals surface area contributed by atoms with Crippen molar-refractivity contribution in [3.05, 3.63) is 34.7 Å². The van der Waals surface area contributed by atoms with Crippen LogP contribution in [0.4, 0.5) is 0 Å². The Morgan fingerprint density at radius 3 is 2.75 bits per heavy atom. The SMILES string of the molecule is C#CCOc1ccc(/C=C2/SC(=NC3CCCCC3)NC2=O)cc1. The molecule has 1 saturated heterocycles. The summed E-state index contributed by atoms with van der Waals surface area (Å²) >= 11 is 1.42. The molecule has 1 N–H and O–H groups in total. The number of hydrogen-bond donors (Lipinski definition) is 1. The van der Waals surface area contributed by atoms with Crippen LogP contribution in [0.5, 0.6) is 5.75 Å². The van der Waals surface area contributed by atoms with E-state index in [1.54, 1.807) is 0 Å². The van der Waals surface area contributed by atoms with Crippen LogP contribution in [0.15, 0.2) is 34.2 Å². The van der Waals surface area contributed by atoms with Gasteiger partial charge in [0.05, 0.1) is 10.9 Å². The average molecular weight is 340 g/mol. The summed E-state index contributed by atoms with van der Waals surface area (Å²) in [6.45, 7) is 0.250. The van der Waals surface area contributed by atoms with Gasteiger partial charge in [0.15, 0.2) is 5.17 Å². The highest BCUT2D eigenvalue weighted by Gasteiger charge is 2.25. The molecule has 1 amide bonds. The second kappa shape index (κ2) is 8.07. The molecule has 0 unspecified atom stereocenters. The molecular weight excluding hydrogens is 320 g/mol. The normalized spacial score (nSPS) is 21.7. The van der Waals surface area contributed by atoms with Gasteiger partial charge >= 0.3 is 0 Å². The van der Waals surface area contributed by atoms with Crippen LogP contribution in [-0.4, -0.2) is 23.7 Å². The van der Waals surface area contributed by atoms with E-state index in [4.69, 9.17) is 16.2 Å². The fraction of sp³-hybridized carbons (Fsp3) is 0.368. The van der Waals surface area contributed by atoms with Crippen LogP contribution < -0.4 is 10.1 Å². The van der Waals surface area contributed by atoms with Crippen LogP contribution in [0.1, 0.15) is 37.7 Å². The molecule has 1 aromatic rings. The fourth-order valence-electron chi connectivity index (χ4n) is 2.80. The molecular formula is C19H20N2O2S. The summed E-state index contributed by atoms with van der Waals surface area (Å²) in [6.07, 6.45) is 13.0. The Labute approximate surface area is 146 Å². The highest BCUT2D eigenvalue weighted by atomic mass is 32.2. The molecule has 1 heterocycles. The molecule has 2 fully saturated rings. The molecule has 1 aliphatic heterocycles. The molecule has 5 heteroatoms. The summed E-state index contributed by atoms with van der Waals surface area (Å²) in [5.74, 6) is 3.07. The Bertz CT molecular complexity index is 695. The summed E-state index contributed by atoms with van der Waals surface area (Å²) < 4.78 is 5.34. The van der Waals surface area contributed by atoms with E-state index in [-0.39, 0.29) is 12.5 Å². The van der Waals surface area contributed by atoms with E-state index in [1.807, 2.05) is 30.3 Å². The number of rotatable bonds is 4. The molecule has 1 saturated carbocycles. The zero-order valence-electron chi connectivity index (χ0n) is 13.5. The molecule has 2 aliphatic rings.